The monoisotopic (exact) mass is 1220 g/mol. The number of hydrogen-bond acceptors (Lipinski definition) is 15. The molecule has 0 spiro atoms. The fourth-order valence-corrected chi connectivity index (χ4v) is 9.18. The summed E-state index contributed by atoms with van der Waals surface area (Å²) in [7, 11) is 16.8. The van der Waals surface area contributed by atoms with E-state index in [9.17, 15) is 47.9 Å². The van der Waals surface area contributed by atoms with E-state index >= 15 is 0 Å². The molecule has 10 amide bonds. The van der Waals surface area contributed by atoms with Crippen molar-refractivity contribution in [3.05, 3.63) is 126 Å². The molecular formula is C56H69N23O10. The van der Waals surface area contributed by atoms with Crippen molar-refractivity contribution < 1.29 is 47.9 Å². The van der Waals surface area contributed by atoms with Crippen molar-refractivity contribution in [2.24, 2.45) is 56.4 Å². The van der Waals surface area contributed by atoms with Gasteiger partial charge >= 0.3 is 0 Å². The van der Waals surface area contributed by atoms with Crippen LogP contribution in [0.3, 0.4) is 0 Å². The third-order valence-corrected chi connectivity index (χ3v) is 13.6. The number of anilines is 7. The number of carbonyl (C=O) groups is 10. The zero-order valence-electron chi connectivity index (χ0n) is 50.6. The second-order valence-electron chi connectivity index (χ2n) is 21.1. The molecular weight excluding hydrogens is 1150 g/mol. The maximum atomic E-state index is 13.5. The molecule has 0 aromatic carbocycles. The number of nitrogens with one attached hydrogen (secondary N) is 10. The van der Waals surface area contributed by atoms with E-state index in [1.54, 1.807) is 79.5 Å². The van der Waals surface area contributed by atoms with Crippen LogP contribution < -0.4 is 53.2 Å². The van der Waals surface area contributed by atoms with Crippen molar-refractivity contribution in [1.82, 2.24) is 77.3 Å². The third-order valence-electron chi connectivity index (χ3n) is 13.6. The molecule has 8 heterocycles. The molecule has 0 radical (unpaired) electrons. The Hall–Kier alpha value is -11.4. The number of rotatable bonds is 26. The largest absolute Gasteiger partial charge is 0.356 e. The SMILES string of the molecule is CN(C)CCCNC(=O)CCNC(=O)c1cc(NC(=O)c2nc(NC(=O)c3cc(NC(=O)c4nc(NC(=O)CCCNC(=O)c5cc(NC(=O)c6nc(NC(=O)c7cc(NC(=O)c8nccn8C)cn7C)cn6C)cn5C)cn4C)cn3C)cn2C)cn1C. The zero-order chi connectivity index (χ0) is 64.4. The topological polar surface area (TPSA) is 385 Å². The molecule has 0 saturated heterocycles. The zero-order valence-corrected chi connectivity index (χ0v) is 50.6. The fraction of sp³-hybridized carbons (Fsp3) is 0.321. The number of aryl methyl sites for hydroxylation is 8. The van der Waals surface area contributed by atoms with Crippen molar-refractivity contribution in [3.63, 3.8) is 0 Å². The number of aromatic nitrogens is 12. The Morgan fingerprint density at radius 3 is 1.13 bits per heavy atom. The van der Waals surface area contributed by atoms with Gasteiger partial charge in [0.2, 0.25) is 29.3 Å². The van der Waals surface area contributed by atoms with Crippen molar-refractivity contribution >= 4 is 99.3 Å². The molecule has 0 aliphatic heterocycles. The summed E-state index contributed by atoms with van der Waals surface area (Å²) in [5, 5.41) is 27.1. The molecule has 8 aromatic rings. The van der Waals surface area contributed by atoms with Crippen LogP contribution in [0.15, 0.2) is 80.0 Å². The van der Waals surface area contributed by atoms with Gasteiger partial charge in [-0.05, 0) is 57.7 Å². The Morgan fingerprint density at radius 2 is 0.742 bits per heavy atom. The van der Waals surface area contributed by atoms with Crippen LogP contribution in [0.1, 0.15) is 110 Å². The number of carbonyl (C=O) groups excluding carboxylic acids is 10. The first-order valence-corrected chi connectivity index (χ1v) is 27.7. The van der Waals surface area contributed by atoms with E-state index in [0.717, 1.165) is 13.0 Å². The molecule has 10 N–H and O–H groups in total. The predicted octanol–water partition coefficient (Wildman–Crippen LogP) is 1.82. The highest BCUT2D eigenvalue weighted by atomic mass is 16.2. The van der Waals surface area contributed by atoms with E-state index in [4.69, 9.17) is 0 Å². The lowest BCUT2D eigenvalue weighted by Crippen LogP contribution is -2.32. The minimum atomic E-state index is -0.646. The molecule has 0 fully saturated rings. The summed E-state index contributed by atoms with van der Waals surface area (Å²) in [6.07, 6.45) is 14.8. The maximum Gasteiger partial charge on any atom is 0.291 e. The Balaban J connectivity index is 0.747. The Bertz CT molecular complexity index is 4020. The average molecular weight is 1220 g/mol. The number of amides is 10. The molecule has 0 bridgehead atoms. The summed E-state index contributed by atoms with van der Waals surface area (Å²) in [5.41, 5.74) is 2.00. The third kappa shape index (κ3) is 16.1. The summed E-state index contributed by atoms with van der Waals surface area (Å²) in [5.74, 6) is -4.74. The van der Waals surface area contributed by atoms with Crippen LogP contribution in [0.2, 0.25) is 0 Å². The van der Waals surface area contributed by atoms with Gasteiger partial charge in [-0.1, -0.05) is 0 Å². The van der Waals surface area contributed by atoms with Crippen LogP contribution in [0.4, 0.5) is 40.2 Å². The van der Waals surface area contributed by atoms with E-state index in [1.807, 2.05) is 19.0 Å². The molecule has 0 unspecified atom stereocenters. The molecule has 0 aliphatic rings. The van der Waals surface area contributed by atoms with E-state index < -0.39 is 53.2 Å². The molecule has 0 atom stereocenters. The van der Waals surface area contributed by atoms with Gasteiger partial charge < -0.3 is 94.6 Å². The van der Waals surface area contributed by atoms with Crippen LogP contribution in [0.25, 0.3) is 0 Å². The van der Waals surface area contributed by atoms with Crippen LogP contribution in [-0.4, -0.2) is 161 Å². The van der Waals surface area contributed by atoms with Gasteiger partial charge in [0.1, 0.15) is 22.8 Å². The normalized spacial score (nSPS) is 11.0. The lowest BCUT2D eigenvalue weighted by Gasteiger charge is -2.10. The quantitative estimate of drug-likeness (QED) is 0.0346. The van der Waals surface area contributed by atoms with Gasteiger partial charge in [0.25, 0.3) is 47.3 Å². The van der Waals surface area contributed by atoms with E-state index in [0.29, 0.717) is 17.9 Å². The molecule has 8 rings (SSSR count). The second-order valence-corrected chi connectivity index (χ2v) is 21.1. The van der Waals surface area contributed by atoms with Gasteiger partial charge in [-0.15, -0.1) is 0 Å². The minimum absolute atomic E-state index is 0.0171. The van der Waals surface area contributed by atoms with Gasteiger partial charge in [-0.3, -0.25) is 47.9 Å². The van der Waals surface area contributed by atoms with Gasteiger partial charge in [0, 0.05) is 145 Å². The van der Waals surface area contributed by atoms with Crippen LogP contribution in [0.5, 0.6) is 0 Å². The van der Waals surface area contributed by atoms with Crippen LogP contribution in [-0.2, 0) is 66.0 Å². The van der Waals surface area contributed by atoms with Crippen molar-refractivity contribution in [2.75, 3.05) is 77.5 Å². The summed E-state index contributed by atoms with van der Waals surface area (Å²) in [6.45, 7) is 1.61. The Kier molecular flexibility index (Phi) is 19.9. The van der Waals surface area contributed by atoms with Gasteiger partial charge in [-0.2, -0.15) is 0 Å². The first kappa shape index (κ1) is 63.6. The Labute approximate surface area is 508 Å². The summed E-state index contributed by atoms with van der Waals surface area (Å²) >= 11 is 0. The number of imidazole rings is 4. The van der Waals surface area contributed by atoms with Crippen molar-refractivity contribution in [3.8, 4) is 0 Å². The fourth-order valence-electron chi connectivity index (χ4n) is 9.18. The first-order valence-electron chi connectivity index (χ1n) is 27.7. The highest BCUT2D eigenvalue weighted by Crippen LogP contribution is 2.21. The van der Waals surface area contributed by atoms with Crippen molar-refractivity contribution in [2.45, 2.75) is 25.7 Å². The van der Waals surface area contributed by atoms with Gasteiger partial charge in [0.05, 0.1) is 22.7 Å². The van der Waals surface area contributed by atoms with Crippen LogP contribution >= 0.6 is 0 Å². The predicted molar refractivity (Wildman–Crippen MR) is 326 cm³/mol. The molecule has 33 nitrogen and oxygen atoms in total. The molecule has 89 heavy (non-hydrogen) atoms. The number of nitrogens with zero attached hydrogens (tertiary/aromatic N) is 13. The van der Waals surface area contributed by atoms with E-state index in [2.05, 4.69) is 73.1 Å². The minimum Gasteiger partial charge on any atom is -0.356 e. The van der Waals surface area contributed by atoms with E-state index in [-0.39, 0.29) is 113 Å². The van der Waals surface area contributed by atoms with Crippen LogP contribution in [0, 0.1) is 0 Å². The number of hydrogen-bond donors (Lipinski definition) is 10. The lowest BCUT2D eigenvalue weighted by atomic mass is 10.3. The van der Waals surface area contributed by atoms with E-state index in [1.165, 1.54) is 93.4 Å². The summed E-state index contributed by atoms with van der Waals surface area (Å²) in [6, 6.07) is 5.87. The maximum absolute atomic E-state index is 13.5. The summed E-state index contributed by atoms with van der Waals surface area (Å²) < 4.78 is 11.8. The highest BCUT2D eigenvalue weighted by molar-refractivity contribution is 6.09. The second kappa shape index (κ2) is 27.8. The van der Waals surface area contributed by atoms with Gasteiger partial charge in [-0.25, -0.2) is 19.9 Å². The van der Waals surface area contributed by atoms with Gasteiger partial charge in [0.15, 0.2) is 23.3 Å². The molecule has 33 heteroatoms. The standard InChI is InChI=1S/C56H69N23O10/c1-71(2)19-12-16-57-43(80)14-17-60-50(83)37-22-33(26-74(37)5)63-56(89)48-68-42(31-79(48)10)70-52(85)39-24-35(28-76(39)7)64-54(87)46-66-40(29-77(46)8)65-44(81)13-11-15-59-49(82)36-21-32(25-73(36)4)62-55(88)47-67-41(30-78(47)9)69-51(84)38-23-34(27-75(38)6)61-53(86)45-58-18-20-72(45)3/h18,20-31H,11-17,19H2,1-10H3,(H,57,80)(H,59,82)(H,60,83)(H,61,86)(H,62,88)(H,63,89)(H,64,87)(H,65,81)(H,69,84)(H,70,85). The molecule has 0 saturated carbocycles. The molecule has 8 aromatic heterocycles. The first-order chi connectivity index (χ1) is 42.3. The smallest absolute Gasteiger partial charge is 0.291 e. The van der Waals surface area contributed by atoms with Crippen molar-refractivity contribution in [1.29, 1.82) is 0 Å². The molecule has 468 valence electrons. The lowest BCUT2D eigenvalue weighted by molar-refractivity contribution is -0.121. The molecule has 0 aliphatic carbocycles. The highest BCUT2D eigenvalue weighted by Gasteiger charge is 2.24. The Morgan fingerprint density at radius 1 is 0.371 bits per heavy atom. The average Bonchev–Trinajstić information content (AvgIpc) is 2.77. The summed E-state index contributed by atoms with van der Waals surface area (Å²) in [4.78, 5) is 149.